The molecule has 0 saturated heterocycles. The summed E-state index contributed by atoms with van der Waals surface area (Å²) < 4.78 is 79.5. The van der Waals surface area contributed by atoms with Crippen molar-refractivity contribution in [1.29, 1.82) is 0 Å². The second-order valence-corrected chi connectivity index (χ2v) is 8.09. The monoisotopic (exact) mass is 491 g/mol. The van der Waals surface area contributed by atoms with Gasteiger partial charge < -0.3 is 5.32 Å². The number of fused-ring (bicyclic) bond motifs is 1. The van der Waals surface area contributed by atoms with Crippen LogP contribution in [0.5, 0.6) is 0 Å². The van der Waals surface area contributed by atoms with Gasteiger partial charge >= 0.3 is 12.4 Å². The Kier molecular flexibility index (Phi) is 6.35. The average Bonchev–Trinajstić information content (AvgIpc) is 3.05. The van der Waals surface area contributed by atoms with Crippen LogP contribution in [0.3, 0.4) is 0 Å². The maximum Gasteiger partial charge on any atom is 0.418 e. The lowest BCUT2D eigenvalue weighted by molar-refractivity contribution is -0.137. The maximum atomic E-state index is 13.6. The van der Waals surface area contributed by atoms with Crippen molar-refractivity contribution >= 4 is 28.3 Å². The number of anilines is 2. The molecular formula is C24H19F6N5. The highest BCUT2D eigenvalue weighted by Crippen LogP contribution is 2.33. The number of halogens is 6. The van der Waals surface area contributed by atoms with Crippen molar-refractivity contribution < 1.29 is 26.3 Å². The van der Waals surface area contributed by atoms with E-state index in [1.165, 1.54) is 24.4 Å². The highest BCUT2D eigenvalue weighted by atomic mass is 19.4. The van der Waals surface area contributed by atoms with E-state index in [4.69, 9.17) is 0 Å². The molecular weight excluding hydrogens is 472 g/mol. The molecule has 4 heterocycles. The summed E-state index contributed by atoms with van der Waals surface area (Å²) in [5, 5.41) is 3.43. The molecule has 182 valence electrons. The molecule has 0 amide bonds. The van der Waals surface area contributed by atoms with Gasteiger partial charge in [0.05, 0.1) is 22.5 Å². The van der Waals surface area contributed by atoms with Gasteiger partial charge in [0.25, 0.3) is 0 Å². The molecule has 1 aliphatic rings. The molecule has 35 heavy (non-hydrogen) atoms. The summed E-state index contributed by atoms with van der Waals surface area (Å²) in [7, 11) is 0. The molecule has 0 fully saturated rings. The topological polar surface area (TPSA) is 63.1 Å². The second kappa shape index (κ2) is 9.12. The minimum atomic E-state index is -4.62. The molecule has 0 spiro atoms. The summed E-state index contributed by atoms with van der Waals surface area (Å²) in [6.07, 6.45) is -4.47. The number of nitrogens with one attached hydrogen (secondary N) is 1. The first-order valence-electron chi connectivity index (χ1n) is 10.6. The molecule has 0 bridgehead atoms. The zero-order valence-electron chi connectivity index (χ0n) is 18.5. The van der Waals surface area contributed by atoms with Gasteiger partial charge in [-0.25, -0.2) is 15.0 Å². The van der Waals surface area contributed by atoms with Crippen LogP contribution in [0, 0.1) is 0 Å². The summed E-state index contributed by atoms with van der Waals surface area (Å²) in [6.45, 7) is 3.76. The first-order valence-corrected chi connectivity index (χ1v) is 10.6. The second-order valence-electron chi connectivity index (χ2n) is 8.09. The largest absolute Gasteiger partial charge is 0.418 e. The van der Waals surface area contributed by atoms with E-state index in [0.717, 1.165) is 12.1 Å². The first-order chi connectivity index (χ1) is 16.4. The summed E-state index contributed by atoms with van der Waals surface area (Å²) in [5.74, 6) is 0.0969. The van der Waals surface area contributed by atoms with E-state index in [9.17, 15) is 26.3 Å². The molecule has 1 aliphatic heterocycles. The minimum absolute atomic E-state index is 0.000337. The van der Waals surface area contributed by atoms with Gasteiger partial charge in [0.2, 0.25) is 0 Å². The van der Waals surface area contributed by atoms with Crippen molar-refractivity contribution in [2.45, 2.75) is 38.5 Å². The fourth-order valence-electron chi connectivity index (χ4n) is 3.42. The lowest BCUT2D eigenvalue weighted by atomic mass is 10.0. The van der Waals surface area contributed by atoms with E-state index < -0.39 is 23.5 Å². The smallest absolute Gasteiger partial charge is 0.340 e. The summed E-state index contributed by atoms with van der Waals surface area (Å²) in [5.41, 5.74) is -0.876. The van der Waals surface area contributed by atoms with E-state index in [2.05, 4.69) is 25.3 Å². The Bertz CT molecular complexity index is 1340. The van der Waals surface area contributed by atoms with Crippen LogP contribution >= 0.6 is 0 Å². The Labute approximate surface area is 196 Å². The molecule has 3 aromatic rings. The van der Waals surface area contributed by atoms with Gasteiger partial charge in [-0.1, -0.05) is 26.0 Å². The third kappa shape index (κ3) is 5.33. The Hall–Kier alpha value is -3.76. The number of allylic oxidation sites excluding steroid dienone is 3. The Morgan fingerprint density at radius 2 is 1.71 bits per heavy atom. The number of hydrogen-bond acceptors (Lipinski definition) is 5. The number of nitrogens with zero attached hydrogens (tertiary/aromatic N) is 4. The molecule has 0 aromatic carbocycles. The zero-order chi connectivity index (χ0) is 25.4. The average molecular weight is 491 g/mol. The van der Waals surface area contributed by atoms with E-state index in [0.29, 0.717) is 23.0 Å². The predicted molar refractivity (Wildman–Crippen MR) is 121 cm³/mol. The van der Waals surface area contributed by atoms with Crippen LogP contribution in [-0.2, 0) is 6.18 Å². The van der Waals surface area contributed by atoms with Crippen LogP contribution in [0.15, 0.2) is 65.4 Å². The van der Waals surface area contributed by atoms with Crippen LogP contribution in [0.2, 0.25) is 0 Å². The first kappa shape index (κ1) is 24.4. The van der Waals surface area contributed by atoms with Gasteiger partial charge in [-0.15, -0.1) is 0 Å². The maximum absolute atomic E-state index is 13.6. The van der Waals surface area contributed by atoms with Crippen LogP contribution in [0.4, 0.5) is 37.8 Å². The summed E-state index contributed by atoms with van der Waals surface area (Å²) in [6, 6.07) is 6.76. The minimum Gasteiger partial charge on any atom is -0.340 e. The number of rotatable bonds is 4. The highest BCUT2D eigenvalue weighted by Gasteiger charge is 2.38. The Morgan fingerprint density at radius 3 is 2.34 bits per heavy atom. The van der Waals surface area contributed by atoms with Crippen molar-refractivity contribution in [2.75, 3.05) is 5.32 Å². The molecule has 11 heteroatoms. The van der Waals surface area contributed by atoms with Gasteiger partial charge in [0, 0.05) is 23.5 Å². The van der Waals surface area contributed by atoms with Crippen molar-refractivity contribution in [3.05, 3.63) is 77.4 Å². The molecule has 3 aromatic heterocycles. The lowest BCUT2D eigenvalue weighted by Crippen LogP contribution is -2.21. The summed E-state index contributed by atoms with van der Waals surface area (Å²) >= 11 is 0. The standard InChI is InChI=1S/C24H19F6N5/c1-13(2)18-11-19(33-20-9-6-14(12-32-20)23(25,26)27)15-7-8-17(34-22(15)35-18)21-16(24(28,29)30)5-3-4-10-31-21/h4-13H,3H2,1-2H3,(H,32,33,34,35). The van der Waals surface area contributed by atoms with Gasteiger partial charge in [-0.2, -0.15) is 26.3 Å². The molecule has 0 saturated carbocycles. The molecule has 4 rings (SSSR count). The number of hydrogen-bond donors (Lipinski definition) is 1. The van der Waals surface area contributed by atoms with Crippen molar-refractivity contribution in [1.82, 2.24) is 15.0 Å². The predicted octanol–water partition coefficient (Wildman–Crippen LogP) is 7.11. The molecule has 0 radical (unpaired) electrons. The van der Waals surface area contributed by atoms with E-state index in [1.54, 1.807) is 12.1 Å². The van der Waals surface area contributed by atoms with Gasteiger partial charge in [0.15, 0.2) is 5.65 Å². The molecule has 1 N–H and O–H groups in total. The molecule has 0 atom stereocenters. The molecule has 0 aliphatic carbocycles. The third-order valence-corrected chi connectivity index (χ3v) is 5.21. The van der Waals surface area contributed by atoms with Gasteiger partial charge in [-0.3, -0.25) is 4.99 Å². The van der Waals surface area contributed by atoms with Crippen molar-refractivity contribution in [3.63, 3.8) is 0 Å². The number of aromatic nitrogens is 3. The number of aliphatic imine (C=N–C) groups is 1. The van der Waals surface area contributed by atoms with E-state index >= 15 is 0 Å². The number of alkyl halides is 6. The molecule has 0 unspecified atom stereocenters. The summed E-state index contributed by atoms with van der Waals surface area (Å²) in [4.78, 5) is 16.7. The SMILES string of the molecule is CC(C)c1cc(Nc2ccc(C(F)(F)F)cn2)c2ccc(C3=NC=CCC=C3C(F)(F)F)nc2n1. The highest BCUT2D eigenvalue weighted by molar-refractivity contribution is 6.13. The van der Waals surface area contributed by atoms with Crippen LogP contribution in [0.1, 0.15) is 43.1 Å². The number of pyridine rings is 3. The Balaban J connectivity index is 1.79. The fraction of sp³-hybridized carbons (Fsp3) is 0.250. The van der Waals surface area contributed by atoms with E-state index in [-0.39, 0.29) is 35.2 Å². The van der Waals surface area contributed by atoms with Crippen LogP contribution in [0.25, 0.3) is 11.0 Å². The van der Waals surface area contributed by atoms with Crippen LogP contribution < -0.4 is 5.32 Å². The van der Waals surface area contributed by atoms with Gasteiger partial charge in [0.1, 0.15) is 11.5 Å². The van der Waals surface area contributed by atoms with Crippen molar-refractivity contribution in [2.24, 2.45) is 4.99 Å². The normalized spacial score (nSPS) is 14.7. The fourth-order valence-corrected chi connectivity index (χ4v) is 3.42. The third-order valence-electron chi connectivity index (χ3n) is 5.21. The quantitative estimate of drug-likeness (QED) is 0.395. The van der Waals surface area contributed by atoms with Gasteiger partial charge in [-0.05, 0) is 42.7 Å². The lowest BCUT2D eigenvalue weighted by Gasteiger charge is -2.16. The molecule has 5 nitrogen and oxygen atoms in total. The van der Waals surface area contributed by atoms with E-state index in [1.807, 2.05) is 13.8 Å². The Morgan fingerprint density at radius 1 is 0.943 bits per heavy atom. The van der Waals surface area contributed by atoms with Crippen molar-refractivity contribution in [3.8, 4) is 0 Å². The zero-order valence-corrected chi connectivity index (χ0v) is 18.5. The van der Waals surface area contributed by atoms with Crippen LogP contribution in [-0.4, -0.2) is 26.8 Å².